The maximum absolute atomic E-state index is 5.69. The highest BCUT2D eigenvalue weighted by Crippen LogP contribution is 2.41. The molecule has 4 rings (SSSR count). The summed E-state index contributed by atoms with van der Waals surface area (Å²) in [5, 5.41) is 4.18. The van der Waals surface area contributed by atoms with Gasteiger partial charge in [0.05, 0.1) is 11.7 Å². The summed E-state index contributed by atoms with van der Waals surface area (Å²) in [5.41, 5.74) is 3.23. The van der Waals surface area contributed by atoms with Crippen LogP contribution in [0.5, 0.6) is 0 Å². The van der Waals surface area contributed by atoms with Crippen molar-refractivity contribution >= 4 is 38.9 Å². The van der Waals surface area contributed by atoms with Crippen LogP contribution in [0.4, 0.5) is 5.69 Å². The number of halogens is 1. The van der Waals surface area contributed by atoms with Crippen LogP contribution in [-0.2, 0) is 7.05 Å². The largest absolute Gasteiger partial charge is 0.353 e. The number of hydrogen-bond donors (Lipinski definition) is 1. The number of benzene rings is 1. The van der Waals surface area contributed by atoms with Gasteiger partial charge in [-0.1, -0.05) is 22.0 Å². The number of aromatic nitrogens is 2. The van der Waals surface area contributed by atoms with Crippen molar-refractivity contribution in [2.24, 2.45) is 7.05 Å². The molecule has 0 amide bonds. The lowest BCUT2D eigenvalue weighted by molar-refractivity contribution is 0.541. The summed E-state index contributed by atoms with van der Waals surface area (Å²) in [6, 6.07) is 18.4. The fourth-order valence-electron chi connectivity index (χ4n) is 3.32. The molecule has 1 aliphatic rings. The molecule has 1 aliphatic heterocycles. The van der Waals surface area contributed by atoms with Crippen LogP contribution < -0.4 is 10.2 Å². The summed E-state index contributed by atoms with van der Waals surface area (Å²) < 4.78 is 3.19. The minimum Gasteiger partial charge on any atom is -0.353 e. The van der Waals surface area contributed by atoms with Gasteiger partial charge < -0.3 is 14.8 Å². The normalized spacial score (nSPS) is 19.9. The molecule has 1 aromatic carbocycles. The third kappa shape index (κ3) is 2.96. The zero-order valence-electron chi connectivity index (χ0n) is 13.6. The summed E-state index contributed by atoms with van der Waals surface area (Å²) >= 11 is 9.19. The van der Waals surface area contributed by atoms with E-state index in [1.54, 1.807) is 0 Å². The number of pyridine rings is 1. The molecule has 0 radical (unpaired) electrons. The lowest BCUT2D eigenvalue weighted by atomic mass is 10.0. The van der Waals surface area contributed by atoms with E-state index < -0.39 is 0 Å². The van der Waals surface area contributed by atoms with Crippen molar-refractivity contribution in [3.05, 3.63) is 82.9 Å². The Morgan fingerprint density at radius 3 is 2.52 bits per heavy atom. The van der Waals surface area contributed by atoms with Gasteiger partial charge in [-0.2, -0.15) is 0 Å². The van der Waals surface area contributed by atoms with Crippen molar-refractivity contribution in [2.75, 3.05) is 4.90 Å². The molecule has 2 aromatic heterocycles. The van der Waals surface area contributed by atoms with E-state index in [9.17, 15) is 0 Å². The zero-order valence-corrected chi connectivity index (χ0v) is 16.0. The molecule has 1 N–H and O–H groups in total. The Hall–Kier alpha value is -2.18. The van der Waals surface area contributed by atoms with E-state index in [0.29, 0.717) is 5.11 Å². The summed E-state index contributed by atoms with van der Waals surface area (Å²) in [7, 11) is 2.06. The van der Waals surface area contributed by atoms with Crippen LogP contribution in [0.15, 0.2) is 71.5 Å². The van der Waals surface area contributed by atoms with Gasteiger partial charge in [0.25, 0.3) is 0 Å². The molecule has 0 spiro atoms. The van der Waals surface area contributed by atoms with Gasteiger partial charge in [-0.05, 0) is 60.7 Å². The van der Waals surface area contributed by atoms with Crippen molar-refractivity contribution in [1.82, 2.24) is 14.9 Å². The average Bonchev–Trinajstić information content (AvgIpc) is 3.19. The Balaban J connectivity index is 1.83. The lowest BCUT2D eigenvalue weighted by Crippen LogP contribution is -2.30. The fourth-order valence-corrected chi connectivity index (χ4v) is 3.93. The smallest absolute Gasteiger partial charge is 0.174 e. The van der Waals surface area contributed by atoms with Crippen LogP contribution >= 0.6 is 28.1 Å². The average molecular weight is 413 g/mol. The van der Waals surface area contributed by atoms with Gasteiger partial charge in [0, 0.05) is 35.3 Å². The molecule has 126 valence electrons. The van der Waals surface area contributed by atoms with E-state index in [-0.39, 0.29) is 12.1 Å². The van der Waals surface area contributed by atoms with Crippen molar-refractivity contribution in [3.8, 4) is 0 Å². The topological polar surface area (TPSA) is 33.1 Å². The molecule has 0 unspecified atom stereocenters. The van der Waals surface area contributed by atoms with Gasteiger partial charge in [0.2, 0.25) is 0 Å². The third-order valence-electron chi connectivity index (χ3n) is 4.49. The summed E-state index contributed by atoms with van der Waals surface area (Å²) in [6.07, 6.45) is 3.89. The first kappa shape index (κ1) is 16.3. The monoisotopic (exact) mass is 412 g/mol. The molecule has 25 heavy (non-hydrogen) atoms. The van der Waals surface area contributed by atoms with E-state index >= 15 is 0 Å². The molecule has 1 fully saturated rings. The Morgan fingerprint density at radius 1 is 1.08 bits per heavy atom. The second-order valence-corrected chi connectivity index (χ2v) is 7.32. The van der Waals surface area contributed by atoms with Crippen molar-refractivity contribution in [1.29, 1.82) is 0 Å². The van der Waals surface area contributed by atoms with Gasteiger partial charge in [0.15, 0.2) is 5.11 Å². The number of hydrogen-bond acceptors (Lipinski definition) is 2. The Labute approximate surface area is 160 Å². The molecule has 0 saturated carbocycles. The molecule has 1 saturated heterocycles. The van der Waals surface area contributed by atoms with Crippen LogP contribution in [0.1, 0.15) is 23.5 Å². The van der Waals surface area contributed by atoms with Crippen LogP contribution in [0.25, 0.3) is 0 Å². The van der Waals surface area contributed by atoms with Crippen LogP contribution in [-0.4, -0.2) is 14.7 Å². The number of thiocarbonyl (C=S) groups is 1. The van der Waals surface area contributed by atoms with Crippen molar-refractivity contribution in [3.63, 3.8) is 0 Å². The highest BCUT2D eigenvalue weighted by molar-refractivity contribution is 9.10. The number of anilines is 1. The zero-order chi connectivity index (χ0) is 17.4. The number of nitrogens with one attached hydrogen (secondary N) is 1. The van der Waals surface area contributed by atoms with E-state index in [2.05, 4.69) is 73.2 Å². The molecule has 3 heterocycles. The first-order chi connectivity index (χ1) is 12.1. The molecule has 2 atom stereocenters. The summed E-state index contributed by atoms with van der Waals surface area (Å²) in [5.74, 6) is 0. The van der Waals surface area contributed by atoms with Crippen LogP contribution in [0.3, 0.4) is 0 Å². The predicted octanol–water partition coefficient (Wildman–Crippen LogP) is 4.36. The second-order valence-electron chi connectivity index (χ2n) is 6.02. The quantitative estimate of drug-likeness (QED) is 0.647. The van der Waals surface area contributed by atoms with E-state index in [4.69, 9.17) is 12.2 Å². The fraction of sp³-hybridized carbons (Fsp3) is 0.158. The molecule has 0 bridgehead atoms. The maximum atomic E-state index is 5.69. The molecular weight excluding hydrogens is 396 g/mol. The molecule has 0 aliphatic carbocycles. The van der Waals surface area contributed by atoms with Gasteiger partial charge in [-0.25, -0.2) is 0 Å². The van der Waals surface area contributed by atoms with Gasteiger partial charge in [-0.3, -0.25) is 4.98 Å². The number of aryl methyl sites for hydroxylation is 1. The highest BCUT2D eigenvalue weighted by Gasteiger charge is 2.41. The summed E-state index contributed by atoms with van der Waals surface area (Å²) in [4.78, 5) is 6.74. The second kappa shape index (κ2) is 6.61. The van der Waals surface area contributed by atoms with Gasteiger partial charge in [-0.15, -0.1) is 0 Å². The highest BCUT2D eigenvalue weighted by atomic mass is 79.9. The Morgan fingerprint density at radius 2 is 1.88 bits per heavy atom. The molecule has 4 nitrogen and oxygen atoms in total. The van der Waals surface area contributed by atoms with Crippen LogP contribution in [0, 0.1) is 0 Å². The maximum Gasteiger partial charge on any atom is 0.174 e. The van der Waals surface area contributed by atoms with Gasteiger partial charge in [0.1, 0.15) is 6.04 Å². The minimum absolute atomic E-state index is 0.00838. The lowest BCUT2D eigenvalue weighted by Gasteiger charge is -2.28. The van der Waals surface area contributed by atoms with E-state index in [1.165, 1.54) is 5.69 Å². The van der Waals surface area contributed by atoms with Gasteiger partial charge >= 0.3 is 0 Å². The molecule has 6 heteroatoms. The number of nitrogens with zero attached hydrogens (tertiary/aromatic N) is 3. The summed E-state index contributed by atoms with van der Waals surface area (Å²) in [6.45, 7) is 0. The first-order valence-electron chi connectivity index (χ1n) is 8.02. The standard InChI is InChI=1S/C19H17BrN4S/c1-23-12-4-6-16(23)18-17(15-5-2-3-11-21-15)22-19(25)24(18)14-9-7-13(20)8-10-14/h2-12,17-18H,1H3,(H,22,25)/t17-,18-/m1/s1. The first-order valence-corrected chi connectivity index (χ1v) is 9.23. The van der Waals surface area contributed by atoms with Crippen LogP contribution in [0.2, 0.25) is 0 Å². The number of rotatable bonds is 3. The molecular formula is C19H17BrN4S. The van der Waals surface area contributed by atoms with E-state index in [1.807, 2.05) is 36.5 Å². The minimum atomic E-state index is -0.00838. The van der Waals surface area contributed by atoms with E-state index in [0.717, 1.165) is 15.9 Å². The van der Waals surface area contributed by atoms with Crippen molar-refractivity contribution in [2.45, 2.75) is 12.1 Å². The Kier molecular flexibility index (Phi) is 4.31. The third-order valence-corrected chi connectivity index (χ3v) is 5.33. The molecule has 3 aromatic rings. The van der Waals surface area contributed by atoms with Crippen molar-refractivity contribution < 1.29 is 0 Å². The predicted molar refractivity (Wildman–Crippen MR) is 107 cm³/mol. The Bertz CT molecular complexity index is 891. The SMILES string of the molecule is Cn1cccc1[C@@H]1[C@@H](c2ccccn2)NC(=S)N1c1ccc(Br)cc1.